The quantitative estimate of drug-likeness (QED) is 0.630. The van der Waals surface area contributed by atoms with Gasteiger partial charge in [0.1, 0.15) is 17.1 Å². The molecule has 0 atom stereocenters. The molecule has 0 unspecified atom stereocenters. The highest BCUT2D eigenvalue weighted by Crippen LogP contribution is 2.27. The maximum Gasteiger partial charge on any atom is 0.261 e. The predicted octanol–water partition coefficient (Wildman–Crippen LogP) is 2.90. The zero-order valence-corrected chi connectivity index (χ0v) is 10.9. The van der Waals surface area contributed by atoms with Gasteiger partial charge in [-0.25, -0.2) is 0 Å². The smallest absolute Gasteiger partial charge is 0.261 e. The van der Waals surface area contributed by atoms with E-state index < -0.39 is 5.91 Å². The fraction of sp³-hybridized carbons (Fsp3) is 0. The van der Waals surface area contributed by atoms with E-state index in [-0.39, 0.29) is 17.1 Å². The molecule has 0 saturated carbocycles. The summed E-state index contributed by atoms with van der Waals surface area (Å²) >= 11 is 0. The highest BCUT2D eigenvalue weighted by atomic mass is 16.3. The number of carbonyl (C=O) groups excluding carboxylic acids is 1. The van der Waals surface area contributed by atoms with E-state index in [0.29, 0.717) is 16.6 Å². The van der Waals surface area contributed by atoms with Crippen LogP contribution in [0.2, 0.25) is 0 Å². The van der Waals surface area contributed by atoms with Crippen LogP contribution >= 0.6 is 0 Å². The van der Waals surface area contributed by atoms with Gasteiger partial charge in [-0.2, -0.15) is 0 Å². The lowest BCUT2D eigenvalue weighted by Crippen LogP contribution is -2.12. The summed E-state index contributed by atoms with van der Waals surface area (Å²) in [5, 5.41) is 22.6. The molecule has 0 aliphatic carbocycles. The summed E-state index contributed by atoms with van der Waals surface area (Å²) in [5.74, 6) is -0.448. The zero-order valence-electron chi connectivity index (χ0n) is 10.9. The van der Waals surface area contributed by atoms with Gasteiger partial charge in [0.25, 0.3) is 5.91 Å². The van der Waals surface area contributed by atoms with Crippen LogP contribution in [0.25, 0.3) is 10.9 Å². The van der Waals surface area contributed by atoms with Crippen LogP contribution in [0, 0.1) is 0 Å². The summed E-state index contributed by atoms with van der Waals surface area (Å²) in [6, 6.07) is 13.1. The number of carbonyl (C=O) groups is 1. The molecule has 3 N–H and O–H groups in total. The van der Waals surface area contributed by atoms with E-state index in [1.165, 1.54) is 18.3 Å². The van der Waals surface area contributed by atoms with E-state index in [1.807, 2.05) is 6.07 Å². The number of hydrogen-bond acceptors (Lipinski definition) is 4. The lowest BCUT2D eigenvalue weighted by molar-refractivity contribution is 0.102. The lowest BCUT2D eigenvalue weighted by Gasteiger charge is -2.08. The number of aromatic nitrogens is 1. The Hall–Kier alpha value is -3.08. The third kappa shape index (κ3) is 2.49. The van der Waals surface area contributed by atoms with Gasteiger partial charge in [-0.3, -0.25) is 9.78 Å². The number of anilines is 1. The predicted molar refractivity (Wildman–Crippen MR) is 79.5 cm³/mol. The minimum Gasteiger partial charge on any atom is -0.508 e. The number of nitrogens with zero attached hydrogens (tertiary/aromatic N) is 1. The number of phenols is 1. The number of hydrogen-bond donors (Lipinski definition) is 3. The standard InChI is InChI=1S/C16H12N2O3/c19-11-7-5-10(6-8-11)18-16(21)13-9-17-14-4-2-1-3-12(14)15(13)20/h1-9,19H,(H,17,20)(H,18,21). The van der Waals surface area contributed by atoms with Gasteiger partial charge in [0.05, 0.1) is 5.52 Å². The van der Waals surface area contributed by atoms with E-state index in [2.05, 4.69) is 10.3 Å². The minimum absolute atomic E-state index is 0.0989. The molecule has 0 aliphatic rings. The largest absolute Gasteiger partial charge is 0.508 e. The van der Waals surface area contributed by atoms with E-state index >= 15 is 0 Å². The van der Waals surface area contributed by atoms with E-state index in [4.69, 9.17) is 0 Å². The van der Waals surface area contributed by atoms with Crippen molar-refractivity contribution in [1.82, 2.24) is 4.98 Å². The Morgan fingerprint density at radius 3 is 2.48 bits per heavy atom. The molecule has 0 radical (unpaired) electrons. The van der Waals surface area contributed by atoms with Crippen molar-refractivity contribution >= 4 is 22.5 Å². The van der Waals surface area contributed by atoms with Crippen molar-refractivity contribution in [2.75, 3.05) is 5.32 Å². The molecular weight excluding hydrogens is 268 g/mol. The molecule has 5 nitrogen and oxygen atoms in total. The second-order valence-corrected chi connectivity index (χ2v) is 4.54. The van der Waals surface area contributed by atoms with Crippen LogP contribution in [0.4, 0.5) is 5.69 Å². The summed E-state index contributed by atoms with van der Waals surface area (Å²) in [6.07, 6.45) is 1.34. The number of pyridine rings is 1. The summed E-state index contributed by atoms with van der Waals surface area (Å²) in [5.41, 5.74) is 1.24. The molecule has 1 heterocycles. The molecule has 0 aliphatic heterocycles. The molecule has 3 aromatic rings. The molecule has 0 spiro atoms. The number of fused-ring (bicyclic) bond motifs is 1. The van der Waals surface area contributed by atoms with E-state index in [9.17, 15) is 15.0 Å². The van der Waals surface area contributed by atoms with E-state index in [0.717, 1.165) is 0 Å². The van der Waals surface area contributed by atoms with Gasteiger partial charge >= 0.3 is 0 Å². The Morgan fingerprint density at radius 2 is 1.71 bits per heavy atom. The lowest BCUT2D eigenvalue weighted by atomic mass is 10.1. The highest BCUT2D eigenvalue weighted by molar-refractivity contribution is 6.09. The van der Waals surface area contributed by atoms with Crippen molar-refractivity contribution in [3.8, 4) is 11.5 Å². The van der Waals surface area contributed by atoms with E-state index in [1.54, 1.807) is 30.3 Å². The monoisotopic (exact) mass is 280 g/mol. The maximum atomic E-state index is 12.2. The molecule has 0 fully saturated rings. The van der Waals surface area contributed by atoms with Crippen molar-refractivity contribution in [2.45, 2.75) is 0 Å². The maximum absolute atomic E-state index is 12.2. The summed E-state index contributed by atoms with van der Waals surface area (Å²) < 4.78 is 0. The van der Waals surface area contributed by atoms with Gasteiger partial charge in [0, 0.05) is 17.3 Å². The summed E-state index contributed by atoms with van der Waals surface area (Å²) in [6.45, 7) is 0. The Bertz CT molecular complexity index is 813. The number of benzene rings is 2. The molecule has 2 aromatic carbocycles. The van der Waals surface area contributed by atoms with Crippen LogP contribution in [0.1, 0.15) is 10.4 Å². The van der Waals surface area contributed by atoms with Crippen molar-refractivity contribution in [3.63, 3.8) is 0 Å². The summed E-state index contributed by atoms with van der Waals surface area (Å²) in [4.78, 5) is 16.3. The number of rotatable bonds is 2. The Kier molecular flexibility index (Phi) is 3.16. The van der Waals surface area contributed by atoms with Crippen LogP contribution in [0.5, 0.6) is 11.5 Å². The molecule has 5 heteroatoms. The van der Waals surface area contributed by atoms with Crippen LogP contribution in [-0.4, -0.2) is 21.1 Å². The second-order valence-electron chi connectivity index (χ2n) is 4.54. The number of para-hydroxylation sites is 1. The van der Waals surface area contributed by atoms with Crippen molar-refractivity contribution < 1.29 is 15.0 Å². The minimum atomic E-state index is -0.462. The van der Waals surface area contributed by atoms with Gasteiger partial charge in [-0.1, -0.05) is 12.1 Å². The average molecular weight is 280 g/mol. The van der Waals surface area contributed by atoms with Gasteiger partial charge in [0.15, 0.2) is 0 Å². The van der Waals surface area contributed by atoms with Gasteiger partial charge in [0.2, 0.25) is 0 Å². The first-order valence-electron chi connectivity index (χ1n) is 6.32. The first-order chi connectivity index (χ1) is 10.1. The van der Waals surface area contributed by atoms with Crippen LogP contribution in [0.15, 0.2) is 54.7 Å². The third-order valence-electron chi connectivity index (χ3n) is 3.12. The average Bonchev–Trinajstić information content (AvgIpc) is 2.50. The topological polar surface area (TPSA) is 82.5 Å². The number of amides is 1. The summed E-state index contributed by atoms with van der Waals surface area (Å²) in [7, 11) is 0. The molecule has 21 heavy (non-hydrogen) atoms. The van der Waals surface area contributed by atoms with Crippen molar-refractivity contribution in [1.29, 1.82) is 0 Å². The van der Waals surface area contributed by atoms with Gasteiger partial charge in [-0.15, -0.1) is 0 Å². The number of aromatic hydroxyl groups is 2. The molecule has 0 saturated heterocycles. The van der Waals surface area contributed by atoms with Crippen LogP contribution in [0.3, 0.4) is 0 Å². The first-order valence-corrected chi connectivity index (χ1v) is 6.32. The molecule has 1 amide bonds. The second kappa shape index (κ2) is 5.13. The third-order valence-corrected chi connectivity index (χ3v) is 3.12. The Morgan fingerprint density at radius 1 is 1.00 bits per heavy atom. The SMILES string of the molecule is O=C(Nc1ccc(O)cc1)c1cnc2ccccc2c1O. The van der Waals surface area contributed by atoms with Crippen LogP contribution < -0.4 is 5.32 Å². The molecule has 1 aromatic heterocycles. The fourth-order valence-electron chi connectivity index (χ4n) is 2.04. The van der Waals surface area contributed by atoms with Crippen LogP contribution in [-0.2, 0) is 0 Å². The number of phenolic OH excluding ortho intramolecular Hbond substituents is 1. The first kappa shape index (κ1) is 12.9. The van der Waals surface area contributed by atoms with Gasteiger partial charge in [-0.05, 0) is 36.4 Å². The molecule has 104 valence electrons. The molecular formula is C16H12N2O3. The Balaban J connectivity index is 1.94. The molecule has 3 rings (SSSR count). The van der Waals surface area contributed by atoms with Crippen molar-refractivity contribution in [3.05, 3.63) is 60.3 Å². The van der Waals surface area contributed by atoms with Gasteiger partial charge < -0.3 is 15.5 Å². The van der Waals surface area contributed by atoms with Crippen molar-refractivity contribution in [2.24, 2.45) is 0 Å². The Labute approximate surface area is 120 Å². The number of nitrogens with one attached hydrogen (secondary N) is 1. The fourth-order valence-corrected chi connectivity index (χ4v) is 2.04. The normalized spacial score (nSPS) is 10.5. The zero-order chi connectivity index (χ0) is 14.8. The highest BCUT2D eigenvalue weighted by Gasteiger charge is 2.14. The molecule has 0 bridgehead atoms.